The van der Waals surface area contributed by atoms with E-state index in [9.17, 15) is 14.0 Å². The SMILES string of the molecule is Cc1cnn(C)c1-c1ncc(NC(=O)C(NC(=O)c2ccnn2C)C2CCC(C)CC2)cc1F. The Balaban J connectivity index is 1.54. The highest BCUT2D eigenvalue weighted by Crippen LogP contribution is 2.31. The first kappa shape index (κ1) is 23.6. The first-order chi connectivity index (χ1) is 16.2. The molecule has 34 heavy (non-hydrogen) atoms. The van der Waals surface area contributed by atoms with Crippen LogP contribution in [0.25, 0.3) is 11.4 Å². The third-order valence-electron chi connectivity index (χ3n) is 6.61. The molecule has 3 aromatic rings. The summed E-state index contributed by atoms with van der Waals surface area (Å²) in [5.41, 5.74) is 2.14. The standard InChI is InChI=1S/C24H30FN7O2/c1-14-5-7-16(8-6-14)20(30-23(33)19-9-10-27-31(19)3)24(34)29-17-11-18(25)21(26-13-17)22-15(2)12-28-32(22)4/h9-14,16,20H,5-8H2,1-4H3,(H,29,34)(H,30,33). The Morgan fingerprint density at radius 1 is 1.12 bits per heavy atom. The quantitative estimate of drug-likeness (QED) is 0.579. The van der Waals surface area contributed by atoms with Crippen molar-refractivity contribution in [2.24, 2.45) is 25.9 Å². The van der Waals surface area contributed by atoms with E-state index in [0.29, 0.717) is 17.3 Å². The topological polar surface area (TPSA) is 107 Å². The molecule has 0 aromatic carbocycles. The molecule has 1 atom stereocenters. The molecule has 3 aromatic heterocycles. The van der Waals surface area contributed by atoms with E-state index in [1.807, 2.05) is 6.92 Å². The van der Waals surface area contributed by atoms with E-state index in [-0.39, 0.29) is 29.1 Å². The largest absolute Gasteiger partial charge is 0.339 e. The summed E-state index contributed by atoms with van der Waals surface area (Å²) in [7, 11) is 3.39. The van der Waals surface area contributed by atoms with Gasteiger partial charge < -0.3 is 10.6 Å². The molecule has 1 unspecified atom stereocenters. The molecular formula is C24H30FN7O2. The van der Waals surface area contributed by atoms with Gasteiger partial charge in [0.05, 0.1) is 23.8 Å². The highest BCUT2D eigenvalue weighted by Gasteiger charge is 2.33. The van der Waals surface area contributed by atoms with Crippen molar-refractivity contribution in [3.8, 4) is 11.4 Å². The van der Waals surface area contributed by atoms with Crippen molar-refractivity contribution in [2.45, 2.75) is 45.6 Å². The molecule has 0 radical (unpaired) electrons. The van der Waals surface area contributed by atoms with Crippen LogP contribution >= 0.6 is 0 Å². The Hall–Kier alpha value is -3.56. The van der Waals surface area contributed by atoms with Gasteiger partial charge in [-0.05, 0) is 43.2 Å². The molecule has 0 spiro atoms. The first-order valence-corrected chi connectivity index (χ1v) is 11.5. The highest BCUT2D eigenvalue weighted by molar-refractivity contribution is 6.00. The van der Waals surface area contributed by atoms with E-state index in [0.717, 1.165) is 31.2 Å². The monoisotopic (exact) mass is 467 g/mol. The van der Waals surface area contributed by atoms with Crippen LogP contribution in [0.4, 0.5) is 10.1 Å². The lowest BCUT2D eigenvalue weighted by molar-refractivity contribution is -0.119. The van der Waals surface area contributed by atoms with Gasteiger partial charge >= 0.3 is 0 Å². The molecule has 0 bridgehead atoms. The maximum atomic E-state index is 14.9. The summed E-state index contributed by atoms with van der Waals surface area (Å²) >= 11 is 0. The predicted octanol–water partition coefficient (Wildman–Crippen LogP) is 3.23. The zero-order chi connectivity index (χ0) is 24.4. The number of hydrogen-bond acceptors (Lipinski definition) is 5. The lowest BCUT2D eigenvalue weighted by Gasteiger charge is -2.32. The minimum Gasteiger partial charge on any atom is -0.339 e. The molecular weight excluding hydrogens is 437 g/mol. The van der Waals surface area contributed by atoms with Gasteiger partial charge in [0, 0.05) is 26.4 Å². The Bertz CT molecular complexity index is 1170. The number of carbonyl (C=O) groups is 2. The number of nitrogens with zero attached hydrogens (tertiary/aromatic N) is 5. The van der Waals surface area contributed by atoms with Gasteiger partial charge in [-0.15, -0.1) is 0 Å². The van der Waals surface area contributed by atoms with E-state index in [2.05, 4.69) is 32.7 Å². The minimum absolute atomic E-state index is 0.0115. The van der Waals surface area contributed by atoms with Gasteiger partial charge in [0.25, 0.3) is 5.91 Å². The highest BCUT2D eigenvalue weighted by atomic mass is 19.1. The van der Waals surface area contributed by atoms with Gasteiger partial charge in [-0.2, -0.15) is 10.2 Å². The van der Waals surface area contributed by atoms with Crippen molar-refractivity contribution < 1.29 is 14.0 Å². The van der Waals surface area contributed by atoms with Crippen LogP contribution < -0.4 is 10.6 Å². The van der Waals surface area contributed by atoms with Crippen LogP contribution in [0.5, 0.6) is 0 Å². The van der Waals surface area contributed by atoms with E-state index in [4.69, 9.17) is 0 Å². The summed E-state index contributed by atoms with van der Waals surface area (Å²) in [6, 6.07) is 2.10. The Morgan fingerprint density at radius 2 is 1.85 bits per heavy atom. The number of aromatic nitrogens is 5. The summed E-state index contributed by atoms with van der Waals surface area (Å²) in [6.07, 6.45) is 8.24. The predicted molar refractivity (Wildman–Crippen MR) is 125 cm³/mol. The summed E-state index contributed by atoms with van der Waals surface area (Å²) in [5.74, 6) is -0.742. The maximum Gasteiger partial charge on any atom is 0.270 e. The van der Waals surface area contributed by atoms with Crippen LogP contribution in [0.1, 0.15) is 48.7 Å². The number of aryl methyl sites for hydroxylation is 3. The summed E-state index contributed by atoms with van der Waals surface area (Å²) in [4.78, 5) is 30.4. The Kier molecular flexibility index (Phi) is 6.76. The van der Waals surface area contributed by atoms with Gasteiger partial charge in [0.15, 0.2) is 5.82 Å². The van der Waals surface area contributed by atoms with Gasteiger partial charge in [-0.25, -0.2) is 9.37 Å². The Morgan fingerprint density at radius 3 is 2.44 bits per heavy atom. The summed E-state index contributed by atoms with van der Waals surface area (Å²) in [5, 5.41) is 13.8. The molecule has 2 amide bonds. The summed E-state index contributed by atoms with van der Waals surface area (Å²) in [6.45, 7) is 4.03. The maximum absolute atomic E-state index is 14.9. The van der Waals surface area contributed by atoms with Gasteiger partial charge in [0.2, 0.25) is 5.91 Å². The van der Waals surface area contributed by atoms with E-state index >= 15 is 0 Å². The fourth-order valence-electron chi connectivity index (χ4n) is 4.62. The third kappa shape index (κ3) is 4.85. The second-order valence-electron chi connectivity index (χ2n) is 9.15. The average molecular weight is 468 g/mol. The number of nitrogens with one attached hydrogen (secondary N) is 2. The molecule has 3 heterocycles. The van der Waals surface area contributed by atoms with Crippen LogP contribution in [0.2, 0.25) is 0 Å². The molecule has 180 valence electrons. The van der Waals surface area contributed by atoms with Crippen LogP contribution in [0.3, 0.4) is 0 Å². The number of hydrogen-bond donors (Lipinski definition) is 2. The minimum atomic E-state index is -0.753. The van der Waals surface area contributed by atoms with Crippen molar-refractivity contribution in [1.29, 1.82) is 0 Å². The van der Waals surface area contributed by atoms with Crippen LogP contribution in [0.15, 0.2) is 30.7 Å². The molecule has 0 aliphatic heterocycles. The number of rotatable bonds is 6. The van der Waals surface area contributed by atoms with Crippen LogP contribution in [-0.2, 0) is 18.9 Å². The molecule has 1 aliphatic rings. The number of halogens is 1. The molecule has 2 N–H and O–H groups in total. The lowest BCUT2D eigenvalue weighted by atomic mass is 9.79. The van der Waals surface area contributed by atoms with Crippen molar-refractivity contribution >= 4 is 17.5 Å². The number of amides is 2. The molecule has 1 fully saturated rings. The normalized spacial score (nSPS) is 19.0. The van der Waals surface area contributed by atoms with Crippen molar-refractivity contribution in [3.05, 3.63) is 47.8 Å². The van der Waals surface area contributed by atoms with Gasteiger partial charge in [-0.1, -0.05) is 19.8 Å². The number of anilines is 1. The van der Waals surface area contributed by atoms with Crippen molar-refractivity contribution in [3.63, 3.8) is 0 Å². The van der Waals surface area contributed by atoms with Crippen molar-refractivity contribution in [1.82, 2.24) is 29.9 Å². The number of carbonyl (C=O) groups excluding carboxylic acids is 2. The van der Waals surface area contributed by atoms with Gasteiger partial charge in [0.1, 0.15) is 17.4 Å². The van der Waals surface area contributed by atoms with E-state index in [1.54, 1.807) is 31.0 Å². The molecule has 10 heteroatoms. The second kappa shape index (κ2) is 9.74. The first-order valence-electron chi connectivity index (χ1n) is 11.5. The fraction of sp³-hybridized carbons (Fsp3) is 0.458. The molecule has 0 saturated heterocycles. The second-order valence-corrected chi connectivity index (χ2v) is 9.15. The zero-order valence-electron chi connectivity index (χ0n) is 19.9. The van der Waals surface area contributed by atoms with Crippen LogP contribution in [0, 0.1) is 24.6 Å². The smallest absolute Gasteiger partial charge is 0.270 e. The van der Waals surface area contributed by atoms with E-state index in [1.165, 1.54) is 23.1 Å². The fourth-order valence-corrected chi connectivity index (χ4v) is 4.62. The molecule has 9 nitrogen and oxygen atoms in total. The molecule has 1 saturated carbocycles. The molecule has 4 rings (SSSR count). The zero-order valence-corrected chi connectivity index (χ0v) is 19.9. The lowest BCUT2D eigenvalue weighted by Crippen LogP contribution is -2.49. The van der Waals surface area contributed by atoms with Crippen LogP contribution in [-0.4, -0.2) is 42.4 Å². The summed E-state index contributed by atoms with van der Waals surface area (Å²) < 4.78 is 18.0. The molecule has 1 aliphatic carbocycles. The van der Waals surface area contributed by atoms with Gasteiger partial charge in [-0.3, -0.25) is 19.0 Å². The average Bonchev–Trinajstić information content (AvgIpc) is 3.38. The van der Waals surface area contributed by atoms with Crippen molar-refractivity contribution in [2.75, 3.05) is 5.32 Å². The van der Waals surface area contributed by atoms with E-state index < -0.39 is 11.9 Å². The third-order valence-corrected chi connectivity index (χ3v) is 6.61. The number of pyridine rings is 1. The Labute approximate surface area is 197 Å².